The Labute approximate surface area is 139 Å². The fourth-order valence-electron chi connectivity index (χ4n) is 1.92. The van der Waals surface area contributed by atoms with Crippen molar-refractivity contribution in [1.82, 2.24) is 0 Å². The van der Waals surface area contributed by atoms with Crippen LogP contribution in [0.4, 0.5) is 0 Å². The maximum atomic E-state index is 6.27. The Morgan fingerprint density at radius 3 is 2.59 bits per heavy atom. The van der Waals surface area contributed by atoms with Gasteiger partial charge in [0.05, 0.1) is 17.8 Å². The third-order valence-electron chi connectivity index (χ3n) is 2.89. The van der Waals surface area contributed by atoms with E-state index in [1.807, 2.05) is 31.2 Å². The first-order chi connectivity index (χ1) is 10.7. The van der Waals surface area contributed by atoms with E-state index < -0.39 is 0 Å². The van der Waals surface area contributed by atoms with Gasteiger partial charge in [0.2, 0.25) is 0 Å². The summed E-state index contributed by atoms with van der Waals surface area (Å²) < 4.78 is 11.4. The number of nitrogens with zero attached hydrogens (tertiary/aromatic N) is 1. The van der Waals surface area contributed by atoms with Gasteiger partial charge in [-0.15, -0.1) is 0 Å². The van der Waals surface area contributed by atoms with Gasteiger partial charge < -0.3 is 15.3 Å². The Hall–Kier alpha value is -1.91. The molecule has 0 saturated carbocycles. The van der Waals surface area contributed by atoms with Gasteiger partial charge in [0.25, 0.3) is 0 Å². The van der Waals surface area contributed by atoms with Crippen LogP contribution in [0.1, 0.15) is 18.1 Å². The van der Waals surface area contributed by atoms with Gasteiger partial charge in [-0.1, -0.05) is 41.4 Å². The highest BCUT2D eigenvalue weighted by Crippen LogP contribution is 2.37. The van der Waals surface area contributed by atoms with Crippen LogP contribution in [0.2, 0.25) is 10.0 Å². The van der Waals surface area contributed by atoms with E-state index in [-0.39, 0.29) is 0 Å². The van der Waals surface area contributed by atoms with Gasteiger partial charge in [0, 0.05) is 10.6 Å². The normalized spacial score (nSPS) is 10.9. The molecule has 0 aromatic heterocycles. The number of ether oxygens (including phenoxy) is 2. The molecule has 2 aromatic rings. The maximum Gasteiger partial charge on any atom is 0.180 e. The van der Waals surface area contributed by atoms with Crippen molar-refractivity contribution in [3.8, 4) is 11.5 Å². The Kier molecular flexibility index (Phi) is 5.92. The summed E-state index contributed by atoms with van der Waals surface area (Å²) in [5.74, 6) is 6.17. The number of halogens is 2. The molecule has 2 rings (SSSR count). The maximum absolute atomic E-state index is 6.27. The van der Waals surface area contributed by atoms with Crippen LogP contribution in [0.25, 0.3) is 0 Å². The Morgan fingerprint density at radius 1 is 1.14 bits per heavy atom. The van der Waals surface area contributed by atoms with E-state index in [0.29, 0.717) is 34.8 Å². The number of rotatable bonds is 6. The number of benzene rings is 2. The summed E-state index contributed by atoms with van der Waals surface area (Å²) in [5, 5.41) is 4.55. The van der Waals surface area contributed by atoms with E-state index in [9.17, 15) is 0 Å². The molecule has 0 radical (unpaired) electrons. The van der Waals surface area contributed by atoms with Crippen LogP contribution in [-0.4, -0.2) is 12.8 Å². The summed E-state index contributed by atoms with van der Waals surface area (Å²) in [6.07, 6.45) is 1.49. The van der Waals surface area contributed by atoms with E-state index in [1.165, 1.54) is 6.21 Å². The smallest absolute Gasteiger partial charge is 0.180 e. The van der Waals surface area contributed by atoms with Gasteiger partial charge in [-0.2, -0.15) is 5.10 Å². The van der Waals surface area contributed by atoms with Crippen molar-refractivity contribution in [1.29, 1.82) is 0 Å². The average molecular weight is 339 g/mol. The molecule has 0 bridgehead atoms. The topological polar surface area (TPSA) is 56.8 Å². The zero-order chi connectivity index (χ0) is 15.9. The van der Waals surface area contributed by atoms with E-state index in [0.717, 1.165) is 11.1 Å². The van der Waals surface area contributed by atoms with Crippen LogP contribution in [0.5, 0.6) is 11.5 Å². The van der Waals surface area contributed by atoms with Crippen LogP contribution < -0.4 is 15.3 Å². The van der Waals surface area contributed by atoms with Gasteiger partial charge in [0.15, 0.2) is 11.5 Å². The van der Waals surface area contributed by atoms with Gasteiger partial charge in [0.1, 0.15) is 6.61 Å². The van der Waals surface area contributed by atoms with Gasteiger partial charge >= 0.3 is 0 Å². The molecule has 0 saturated heterocycles. The molecule has 0 aliphatic rings. The molecule has 2 N–H and O–H groups in total. The van der Waals surface area contributed by atoms with Crippen molar-refractivity contribution < 1.29 is 9.47 Å². The quantitative estimate of drug-likeness (QED) is 0.486. The summed E-state index contributed by atoms with van der Waals surface area (Å²) >= 11 is 12.4. The van der Waals surface area contributed by atoms with Gasteiger partial charge in [-0.3, -0.25) is 0 Å². The first-order valence-electron chi connectivity index (χ1n) is 6.71. The Balaban J connectivity index is 2.27. The molecule has 22 heavy (non-hydrogen) atoms. The van der Waals surface area contributed by atoms with Crippen LogP contribution >= 0.6 is 23.2 Å². The lowest BCUT2D eigenvalue weighted by Gasteiger charge is -2.15. The lowest BCUT2D eigenvalue weighted by Crippen LogP contribution is -2.02. The third-order valence-corrected chi connectivity index (χ3v) is 3.53. The first kappa shape index (κ1) is 16.5. The predicted octanol–water partition coefficient (Wildman–Crippen LogP) is 4.26. The van der Waals surface area contributed by atoms with Crippen molar-refractivity contribution in [2.24, 2.45) is 10.9 Å². The summed E-state index contributed by atoms with van der Waals surface area (Å²) in [6.45, 7) is 2.67. The summed E-state index contributed by atoms with van der Waals surface area (Å²) in [7, 11) is 0. The molecule has 6 heteroatoms. The number of hydrogen-bond acceptors (Lipinski definition) is 4. The zero-order valence-electron chi connectivity index (χ0n) is 12.1. The molecule has 0 aliphatic heterocycles. The predicted molar refractivity (Wildman–Crippen MR) is 90.2 cm³/mol. The lowest BCUT2D eigenvalue weighted by atomic mass is 10.2. The molecule has 116 valence electrons. The summed E-state index contributed by atoms with van der Waals surface area (Å²) in [5.41, 5.74) is 1.61. The highest BCUT2D eigenvalue weighted by Gasteiger charge is 2.13. The molecule has 2 aromatic carbocycles. The van der Waals surface area contributed by atoms with Crippen molar-refractivity contribution in [3.63, 3.8) is 0 Å². The minimum atomic E-state index is 0.295. The van der Waals surface area contributed by atoms with Gasteiger partial charge in [-0.25, -0.2) is 0 Å². The highest BCUT2D eigenvalue weighted by molar-refractivity contribution is 6.32. The second-order valence-electron chi connectivity index (χ2n) is 4.42. The van der Waals surface area contributed by atoms with E-state index >= 15 is 0 Å². The van der Waals surface area contributed by atoms with Crippen LogP contribution in [0.15, 0.2) is 41.5 Å². The zero-order valence-corrected chi connectivity index (χ0v) is 13.6. The molecular weight excluding hydrogens is 323 g/mol. The van der Waals surface area contributed by atoms with Crippen LogP contribution in [0, 0.1) is 0 Å². The monoisotopic (exact) mass is 338 g/mol. The fraction of sp³-hybridized carbons (Fsp3) is 0.188. The second-order valence-corrected chi connectivity index (χ2v) is 5.24. The average Bonchev–Trinajstić information content (AvgIpc) is 2.49. The molecular formula is C16H16Cl2N2O2. The van der Waals surface area contributed by atoms with E-state index in [1.54, 1.807) is 12.1 Å². The number of hydrazone groups is 1. The van der Waals surface area contributed by atoms with Crippen molar-refractivity contribution >= 4 is 29.4 Å². The minimum Gasteiger partial charge on any atom is -0.490 e. The van der Waals surface area contributed by atoms with Gasteiger partial charge in [-0.05, 0) is 30.7 Å². The van der Waals surface area contributed by atoms with Crippen molar-refractivity contribution in [3.05, 3.63) is 57.6 Å². The standard InChI is InChI=1S/C16H16Cl2N2O2/c1-2-21-15-8-11(9-20-19)7-14(18)16(15)22-10-12-5-3-4-6-13(12)17/h3-9H,2,10,19H2,1H3. The molecule has 0 amide bonds. The highest BCUT2D eigenvalue weighted by atomic mass is 35.5. The largest absolute Gasteiger partial charge is 0.490 e. The van der Waals surface area contributed by atoms with E-state index in [4.69, 9.17) is 38.5 Å². The molecule has 0 atom stereocenters. The Morgan fingerprint density at radius 2 is 1.91 bits per heavy atom. The van der Waals surface area contributed by atoms with Crippen LogP contribution in [-0.2, 0) is 6.61 Å². The Bertz CT molecular complexity index is 675. The molecule has 0 spiro atoms. The van der Waals surface area contributed by atoms with Crippen LogP contribution in [0.3, 0.4) is 0 Å². The van der Waals surface area contributed by atoms with Crippen molar-refractivity contribution in [2.75, 3.05) is 6.61 Å². The minimum absolute atomic E-state index is 0.295. The lowest BCUT2D eigenvalue weighted by molar-refractivity contribution is 0.269. The molecule has 0 heterocycles. The molecule has 0 fully saturated rings. The molecule has 0 aliphatic carbocycles. The van der Waals surface area contributed by atoms with Crippen molar-refractivity contribution in [2.45, 2.75) is 13.5 Å². The summed E-state index contributed by atoms with van der Waals surface area (Å²) in [6, 6.07) is 11.0. The molecule has 4 nitrogen and oxygen atoms in total. The van der Waals surface area contributed by atoms with E-state index in [2.05, 4.69) is 5.10 Å². The number of nitrogens with two attached hydrogens (primary N) is 1. The number of hydrogen-bond donors (Lipinski definition) is 1. The molecule has 0 unspecified atom stereocenters. The first-order valence-corrected chi connectivity index (χ1v) is 7.47. The second kappa shape index (κ2) is 7.92. The SMILES string of the molecule is CCOc1cc(C=NN)cc(Cl)c1OCc1ccccc1Cl. The summed E-state index contributed by atoms with van der Waals surface area (Å²) in [4.78, 5) is 0. The third kappa shape index (κ3) is 4.06. The fourth-order valence-corrected chi connectivity index (χ4v) is 2.38.